The summed E-state index contributed by atoms with van der Waals surface area (Å²) in [4.78, 5) is 24.8. The highest BCUT2D eigenvalue weighted by atomic mass is 35.5. The number of ketones is 1. The van der Waals surface area contributed by atoms with Gasteiger partial charge in [-0.25, -0.2) is 0 Å². The van der Waals surface area contributed by atoms with Gasteiger partial charge in [-0.2, -0.15) is 0 Å². The van der Waals surface area contributed by atoms with Gasteiger partial charge in [0.25, 0.3) is 0 Å². The zero-order valence-electron chi connectivity index (χ0n) is 18.4. The van der Waals surface area contributed by atoms with Crippen LogP contribution in [0.25, 0.3) is 11.3 Å². The van der Waals surface area contributed by atoms with Gasteiger partial charge in [-0.05, 0) is 36.5 Å². The van der Waals surface area contributed by atoms with E-state index in [0.717, 1.165) is 29.7 Å². The molecule has 0 aliphatic carbocycles. The molecule has 0 N–H and O–H groups in total. The standard InChI is InChI=1S/C24H28ClNO5/c1-14(27)17-13-26-19(12-20(17)28)15-10-18(25)21(30-8-5-7-29-4)11-16(15)22-23(26)24(2,3)6-9-31-22/h10-13,22-23H,5-9H2,1-4H3/t22-,23+/m1/s1. The first-order valence-electron chi connectivity index (χ1n) is 10.6. The number of halogens is 1. The highest BCUT2D eigenvalue weighted by molar-refractivity contribution is 6.32. The summed E-state index contributed by atoms with van der Waals surface area (Å²) in [6, 6.07) is 5.26. The number of methoxy groups -OCH3 is 1. The highest BCUT2D eigenvalue weighted by Gasteiger charge is 2.46. The Hall–Kier alpha value is -2.15. The molecule has 2 aromatic rings. The summed E-state index contributed by atoms with van der Waals surface area (Å²) < 4.78 is 19.3. The van der Waals surface area contributed by atoms with Crippen molar-refractivity contribution in [3.8, 4) is 17.0 Å². The van der Waals surface area contributed by atoms with E-state index in [1.54, 1.807) is 19.4 Å². The van der Waals surface area contributed by atoms with Crippen LogP contribution in [0.3, 0.4) is 0 Å². The number of hydrogen-bond acceptors (Lipinski definition) is 5. The van der Waals surface area contributed by atoms with Crippen molar-refractivity contribution >= 4 is 17.4 Å². The second kappa shape index (κ2) is 8.41. The van der Waals surface area contributed by atoms with Crippen LogP contribution in [0.5, 0.6) is 5.75 Å². The fourth-order valence-corrected chi connectivity index (χ4v) is 4.88. The van der Waals surface area contributed by atoms with Gasteiger partial charge in [-0.1, -0.05) is 25.4 Å². The molecule has 0 unspecified atom stereocenters. The average Bonchev–Trinajstić information content (AvgIpc) is 2.71. The summed E-state index contributed by atoms with van der Waals surface area (Å²) in [5.74, 6) is 0.355. The van der Waals surface area contributed by atoms with Crippen LogP contribution in [0.1, 0.15) is 61.7 Å². The first-order chi connectivity index (χ1) is 14.7. The van der Waals surface area contributed by atoms with E-state index in [0.29, 0.717) is 30.6 Å². The summed E-state index contributed by atoms with van der Waals surface area (Å²) in [7, 11) is 1.66. The van der Waals surface area contributed by atoms with Crippen molar-refractivity contribution in [1.29, 1.82) is 0 Å². The van der Waals surface area contributed by atoms with E-state index in [9.17, 15) is 9.59 Å². The van der Waals surface area contributed by atoms with Crippen LogP contribution in [-0.2, 0) is 9.47 Å². The molecule has 0 bridgehead atoms. The number of pyridine rings is 1. The SMILES string of the molecule is COCCCOc1cc2c(cc1Cl)-c1cc(=O)c(C(C)=O)cn1[C@H]1[C@@H]2OCCC1(C)C. The molecule has 2 atom stereocenters. The molecule has 2 aliphatic heterocycles. The Labute approximate surface area is 187 Å². The number of carbonyl (C=O) groups is 1. The Kier molecular flexibility index (Phi) is 5.99. The average molecular weight is 446 g/mol. The van der Waals surface area contributed by atoms with Crippen molar-refractivity contribution in [3.63, 3.8) is 0 Å². The second-order valence-electron chi connectivity index (χ2n) is 8.94. The van der Waals surface area contributed by atoms with Crippen molar-refractivity contribution in [2.45, 2.75) is 45.8 Å². The molecule has 166 valence electrons. The number of rotatable bonds is 6. The number of fused-ring (bicyclic) bond motifs is 6. The van der Waals surface area contributed by atoms with Crippen molar-refractivity contribution in [1.82, 2.24) is 4.57 Å². The maximum absolute atomic E-state index is 12.7. The van der Waals surface area contributed by atoms with E-state index in [-0.39, 0.29) is 34.3 Å². The van der Waals surface area contributed by atoms with Gasteiger partial charge in [0, 0.05) is 44.6 Å². The minimum Gasteiger partial charge on any atom is -0.492 e. The van der Waals surface area contributed by atoms with Crippen LogP contribution in [0.15, 0.2) is 29.2 Å². The number of benzene rings is 1. The molecule has 1 aromatic heterocycles. The molecule has 0 spiro atoms. The Bertz CT molecular complexity index is 1070. The lowest BCUT2D eigenvalue weighted by molar-refractivity contribution is -0.0856. The molecule has 1 saturated heterocycles. The molecule has 6 nitrogen and oxygen atoms in total. The van der Waals surface area contributed by atoms with Crippen LogP contribution in [0.4, 0.5) is 0 Å². The number of Topliss-reactive ketones (excluding diaryl/α,β-unsaturated/α-hetero) is 1. The zero-order chi connectivity index (χ0) is 22.3. The first kappa shape index (κ1) is 22.1. The number of nitrogens with zero attached hydrogens (tertiary/aromatic N) is 1. The summed E-state index contributed by atoms with van der Waals surface area (Å²) in [5, 5.41) is 0.472. The van der Waals surface area contributed by atoms with E-state index in [4.69, 9.17) is 25.8 Å². The maximum Gasteiger partial charge on any atom is 0.192 e. The molecule has 3 heterocycles. The van der Waals surface area contributed by atoms with Gasteiger partial charge in [0.05, 0.1) is 28.9 Å². The summed E-state index contributed by atoms with van der Waals surface area (Å²) in [5.41, 5.74) is 2.35. The predicted molar refractivity (Wildman–Crippen MR) is 119 cm³/mol. The normalized spacial score (nSPS) is 21.1. The molecular weight excluding hydrogens is 418 g/mol. The van der Waals surface area contributed by atoms with Crippen molar-refractivity contribution in [2.24, 2.45) is 5.41 Å². The predicted octanol–water partition coefficient (Wildman–Crippen LogP) is 4.83. The quantitative estimate of drug-likeness (QED) is 0.470. The zero-order valence-corrected chi connectivity index (χ0v) is 19.1. The molecule has 0 radical (unpaired) electrons. The number of ether oxygens (including phenoxy) is 3. The molecule has 0 saturated carbocycles. The lowest BCUT2D eigenvalue weighted by Gasteiger charge is -2.49. The van der Waals surface area contributed by atoms with Gasteiger partial charge in [0.15, 0.2) is 11.2 Å². The largest absolute Gasteiger partial charge is 0.492 e. The van der Waals surface area contributed by atoms with Gasteiger partial charge >= 0.3 is 0 Å². The first-order valence-corrected chi connectivity index (χ1v) is 11.0. The van der Waals surface area contributed by atoms with Crippen molar-refractivity contribution in [3.05, 3.63) is 50.8 Å². The maximum atomic E-state index is 12.7. The van der Waals surface area contributed by atoms with E-state index < -0.39 is 0 Å². The van der Waals surface area contributed by atoms with Crippen LogP contribution in [-0.4, -0.2) is 37.3 Å². The van der Waals surface area contributed by atoms with E-state index in [1.807, 2.05) is 16.7 Å². The Morgan fingerprint density at radius 1 is 1.29 bits per heavy atom. The van der Waals surface area contributed by atoms with E-state index in [1.165, 1.54) is 6.92 Å². The van der Waals surface area contributed by atoms with Gasteiger partial charge in [-0.15, -0.1) is 0 Å². The van der Waals surface area contributed by atoms with Gasteiger partial charge in [0.2, 0.25) is 0 Å². The van der Waals surface area contributed by atoms with Gasteiger partial charge < -0.3 is 18.8 Å². The molecule has 4 rings (SSSR count). The van der Waals surface area contributed by atoms with Crippen LogP contribution < -0.4 is 10.2 Å². The number of carbonyl (C=O) groups excluding carboxylic acids is 1. The second-order valence-corrected chi connectivity index (χ2v) is 9.35. The lowest BCUT2D eigenvalue weighted by atomic mass is 9.72. The fraction of sp³-hybridized carbons (Fsp3) is 0.500. The molecule has 1 aromatic carbocycles. The minimum atomic E-state index is -0.284. The molecule has 7 heteroatoms. The van der Waals surface area contributed by atoms with E-state index >= 15 is 0 Å². The number of hydrogen-bond donors (Lipinski definition) is 0. The summed E-state index contributed by atoms with van der Waals surface area (Å²) in [6.45, 7) is 7.56. The third kappa shape index (κ3) is 3.93. The molecular formula is C24H28ClNO5. The minimum absolute atomic E-state index is 0.0648. The Balaban J connectivity index is 1.88. The van der Waals surface area contributed by atoms with Crippen LogP contribution in [0.2, 0.25) is 5.02 Å². The van der Waals surface area contributed by atoms with E-state index in [2.05, 4.69) is 13.8 Å². The topological polar surface area (TPSA) is 66.8 Å². The molecule has 1 fully saturated rings. The number of aromatic nitrogens is 1. The highest BCUT2D eigenvalue weighted by Crippen LogP contribution is 2.55. The van der Waals surface area contributed by atoms with Gasteiger partial charge in [-0.3, -0.25) is 9.59 Å². The molecule has 0 amide bonds. The fourth-order valence-electron chi connectivity index (χ4n) is 4.66. The van der Waals surface area contributed by atoms with Gasteiger partial charge in [0.1, 0.15) is 11.9 Å². The lowest BCUT2D eigenvalue weighted by Crippen LogP contribution is -2.42. The third-order valence-corrected chi connectivity index (χ3v) is 6.62. The van der Waals surface area contributed by atoms with Crippen LogP contribution in [0, 0.1) is 5.41 Å². The van der Waals surface area contributed by atoms with Crippen molar-refractivity contribution in [2.75, 3.05) is 26.9 Å². The smallest absolute Gasteiger partial charge is 0.192 e. The van der Waals surface area contributed by atoms with Crippen LogP contribution >= 0.6 is 11.6 Å². The summed E-state index contributed by atoms with van der Waals surface area (Å²) >= 11 is 6.55. The third-order valence-electron chi connectivity index (χ3n) is 6.33. The molecule has 2 aliphatic rings. The Morgan fingerprint density at radius 3 is 2.77 bits per heavy atom. The van der Waals surface area contributed by atoms with Crippen molar-refractivity contribution < 1.29 is 19.0 Å². The summed E-state index contributed by atoms with van der Waals surface area (Å²) in [6.07, 6.45) is 3.09. The monoisotopic (exact) mass is 445 g/mol. The Morgan fingerprint density at radius 2 is 2.06 bits per heavy atom. The molecule has 31 heavy (non-hydrogen) atoms.